The van der Waals surface area contributed by atoms with Crippen molar-refractivity contribution in [3.63, 3.8) is 0 Å². The van der Waals surface area contributed by atoms with E-state index in [1.165, 1.54) is 18.4 Å². The Hall–Kier alpha value is -1.46. The number of hydrogen-bond acceptors (Lipinski definition) is 4. The first-order valence-electron chi connectivity index (χ1n) is 7.02. The third-order valence-electron chi connectivity index (χ3n) is 3.90. The number of aromatic nitrogens is 3. The Morgan fingerprint density at radius 1 is 1.37 bits per heavy atom. The van der Waals surface area contributed by atoms with Crippen molar-refractivity contribution in [1.29, 1.82) is 0 Å². The standard InChI is InChI=1S/C14H21N5/c1-19-14-3-2-12(8-13(14)17-18-19)10-16-9-11-4-6-15-7-5-11/h2-3,8,11,15-16H,4-7,9-10H2,1H3. The largest absolute Gasteiger partial charge is 0.317 e. The molecule has 1 saturated heterocycles. The highest BCUT2D eigenvalue weighted by Gasteiger charge is 2.12. The molecule has 1 aromatic heterocycles. The van der Waals surface area contributed by atoms with Crippen LogP contribution in [0.25, 0.3) is 11.0 Å². The van der Waals surface area contributed by atoms with Crippen molar-refractivity contribution in [2.24, 2.45) is 13.0 Å². The summed E-state index contributed by atoms with van der Waals surface area (Å²) in [5, 5.41) is 15.1. The molecule has 5 heteroatoms. The number of benzene rings is 1. The van der Waals surface area contributed by atoms with Gasteiger partial charge in [-0.15, -0.1) is 5.10 Å². The zero-order valence-corrected chi connectivity index (χ0v) is 11.4. The van der Waals surface area contributed by atoms with Crippen LogP contribution in [0.1, 0.15) is 18.4 Å². The van der Waals surface area contributed by atoms with Gasteiger partial charge in [-0.05, 0) is 56.1 Å². The van der Waals surface area contributed by atoms with Gasteiger partial charge in [0.15, 0.2) is 0 Å². The first-order chi connectivity index (χ1) is 9.33. The Kier molecular flexibility index (Phi) is 3.75. The summed E-state index contributed by atoms with van der Waals surface area (Å²) in [6.45, 7) is 4.35. The van der Waals surface area contributed by atoms with Gasteiger partial charge in [0.25, 0.3) is 0 Å². The van der Waals surface area contributed by atoms with Crippen LogP contribution >= 0.6 is 0 Å². The highest BCUT2D eigenvalue weighted by molar-refractivity contribution is 5.74. The van der Waals surface area contributed by atoms with E-state index >= 15 is 0 Å². The summed E-state index contributed by atoms with van der Waals surface area (Å²) in [6.07, 6.45) is 2.58. The summed E-state index contributed by atoms with van der Waals surface area (Å²) in [6, 6.07) is 6.37. The van der Waals surface area contributed by atoms with Gasteiger partial charge in [-0.25, -0.2) is 4.68 Å². The van der Waals surface area contributed by atoms with E-state index in [-0.39, 0.29) is 0 Å². The molecule has 0 saturated carbocycles. The van der Waals surface area contributed by atoms with E-state index in [4.69, 9.17) is 0 Å². The van der Waals surface area contributed by atoms with Crippen molar-refractivity contribution in [2.45, 2.75) is 19.4 Å². The minimum absolute atomic E-state index is 0.821. The molecule has 0 bridgehead atoms. The quantitative estimate of drug-likeness (QED) is 0.862. The minimum atomic E-state index is 0.821. The van der Waals surface area contributed by atoms with Crippen LogP contribution in [0.5, 0.6) is 0 Å². The van der Waals surface area contributed by atoms with Crippen molar-refractivity contribution >= 4 is 11.0 Å². The fourth-order valence-electron chi connectivity index (χ4n) is 2.70. The van der Waals surface area contributed by atoms with Gasteiger partial charge in [-0.3, -0.25) is 0 Å². The van der Waals surface area contributed by atoms with Crippen molar-refractivity contribution in [1.82, 2.24) is 25.6 Å². The molecule has 2 heterocycles. The first-order valence-corrected chi connectivity index (χ1v) is 7.02. The lowest BCUT2D eigenvalue weighted by Crippen LogP contribution is -2.33. The van der Waals surface area contributed by atoms with E-state index < -0.39 is 0 Å². The SMILES string of the molecule is Cn1nnc2cc(CNCC3CCNCC3)ccc21. The van der Waals surface area contributed by atoms with E-state index in [9.17, 15) is 0 Å². The van der Waals surface area contributed by atoms with Crippen molar-refractivity contribution in [3.8, 4) is 0 Å². The number of nitrogens with one attached hydrogen (secondary N) is 2. The average molecular weight is 259 g/mol. The summed E-state index contributed by atoms with van der Waals surface area (Å²) in [5.41, 5.74) is 3.34. The Morgan fingerprint density at radius 2 is 2.21 bits per heavy atom. The smallest absolute Gasteiger partial charge is 0.113 e. The Morgan fingerprint density at radius 3 is 3.05 bits per heavy atom. The van der Waals surface area contributed by atoms with Gasteiger partial charge in [0, 0.05) is 13.6 Å². The van der Waals surface area contributed by atoms with Crippen LogP contribution in [-0.4, -0.2) is 34.6 Å². The number of piperidine rings is 1. The highest BCUT2D eigenvalue weighted by atomic mass is 15.4. The molecule has 0 radical (unpaired) electrons. The zero-order valence-electron chi connectivity index (χ0n) is 11.4. The summed E-state index contributed by atoms with van der Waals surface area (Å²) >= 11 is 0. The molecule has 0 atom stereocenters. The molecule has 0 aliphatic carbocycles. The minimum Gasteiger partial charge on any atom is -0.317 e. The van der Waals surface area contributed by atoms with Crippen LogP contribution in [0.4, 0.5) is 0 Å². The topological polar surface area (TPSA) is 54.8 Å². The van der Waals surface area contributed by atoms with Crippen LogP contribution in [0.3, 0.4) is 0 Å². The highest BCUT2D eigenvalue weighted by Crippen LogP contribution is 2.13. The van der Waals surface area contributed by atoms with Gasteiger partial charge in [-0.2, -0.15) is 0 Å². The number of hydrogen-bond donors (Lipinski definition) is 2. The maximum absolute atomic E-state index is 4.15. The molecule has 0 spiro atoms. The van der Waals surface area contributed by atoms with E-state index in [1.54, 1.807) is 0 Å². The van der Waals surface area contributed by atoms with Crippen LogP contribution in [0, 0.1) is 5.92 Å². The summed E-state index contributed by atoms with van der Waals surface area (Å²) in [7, 11) is 1.92. The third-order valence-corrected chi connectivity index (χ3v) is 3.90. The monoisotopic (exact) mass is 259 g/mol. The molecule has 1 fully saturated rings. The van der Waals surface area contributed by atoms with Crippen molar-refractivity contribution in [2.75, 3.05) is 19.6 Å². The van der Waals surface area contributed by atoms with E-state index in [2.05, 4.69) is 39.1 Å². The first kappa shape index (κ1) is 12.6. The summed E-state index contributed by atoms with van der Waals surface area (Å²) < 4.78 is 1.81. The predicted octanol–water partition coefficient (Wildman–Crippen LogP) is 1.06. The molecule has 0 unspecified atom stereocenters. The zero-order chi connectivity index (χ0) is 13.1. The Balaban J connectivity index is 1.56. The molecule has 102 valence electrons. The van der Waals surface area contributed by atoms with Crippen LogP contribution in [0.15, 0.2) is 18.2 Å². The Bertz CT molecular complexity index is 542. The summed E-state index contributed by atoms with van der Waals surface area (Å²) in [5.74, 6) is 0.821. The molecule has 5 nitrogen and oxygen atoms in total. The lowest BCUT2D eigenvalue weighted by Gasteiger charge is -2.22. The lowest BCUT2D eigenvalue weighted by atomic mass is 9.98. The predicted molar refractivity (Wildman–Crippen MR) is 75.8 cm³/mol. The van der Waals surface area contributed by atoms with Crippen LogP contribution < -0.4 is 10.6 Å². The molecule has 2 N–H and O–H groups in total. The second-order valence-corrected chi connectivity index (χ2v) is 5.36. The fraction of sp³-hybridized carbons (Fsp3) is 0.571. The van der Waals surface area contributed by atoms with Crippen LogP contribution in [-0.2, 0) is 13.6 Å². The van der Waals surface area contributed by atoms with E-state index in [1.807, 2.05) is 11.7 Å². The second kappa shape index (κ2) is 5.67. The third kappa shape index (κ3) is 2.93. The number of rotatable bonds is 4. The fourth-order valence-corrected chi connectivity index (χ4v) is 2.70. The van der Waals surface area contributed by atoms with E-state index in [0.29, 0.717) is 0 Å². The molecule has 2 aromatic rings. The molecule has 0 amide bonds. The molecule has 1 aliphatic rings. The number of nitrogens with zero attached hydrogens (tertiary/aromatic N) is 3. The molecule has 19 heavy (non-hydrogen) atoms. The van der Waals surface area contributed by atoms with Gasteiger partial charge in [0.1, 0.15) is 5.52 Å². The van der Waals surface area contributed by atoms with Crippen molar-refractivity contribution < 1.29 is 0 Å². The number of aryl methyl sites for hydroxylation is 1. The molecule has 3 rings (SSSR count). The average Bonchev–Trinajstić information content (AvgIpc) is 2.81. The molecule has 1 aromatic carbocycles. The molecular formula is C14H21N5. The molecule has 1 aliphatic heterocycles. The summed E-state index contributed by atoms with van der Waals surface area (Å²) in [4.78, 5) is 0. The maximum atomic E-state index is 4.15. The second-order valence-electron chi connectivity index (χ2n) is 5.36. The van der Waals surface area contributed by atoms with Crippen LogP contribution in [0.2, 0.25) is 0 Å². The maximum Gasteiger partial charge on any atom is 0.113 e. The van der Waals surface area contributed by atoms with Gasteiger partial charge < -0.3 is 10.6 Å². The molecular weight excluding hydrogens is 238 g/mol. The van der Waals surface area contributed by atoms with Gasteiger partial charge >= 0.3 is 0 Å². The van der Waals surface area contributed by atoms with Crippen molar-refractivity contribution in [3.05, 3.63) is 23.8 Å². The lowest BCUT2D eigenvalue weighted by molar-refractivity contribution is 0.356. The van der Waals surface area contributed by atoms with Gasteiger partial charge in [0.05, 0.1) is 5.52 Å². The normalized spacial score (nSPS) is 17.1. The van der Waals surface area contributed by atoms with E-state index in [0.717, 1.165) is 43.1 Å². The Labute approximate surface area is 113 Å². The van der Waals surface area contributed by atoms with Gasteiger partial charge in [-0.1, -0.05) is 11.3 Å². The number of fused-ring (bicyclic) bond motifs is 1. The van der Waals surface area contributed by atoms with Gasteiger partial charge in [0.2, 0.25) is 0 Å².